The summed E-state index contributed by atoms with van der Waals surface area (Å²) in [7, 11) is 0. The van der Waals surface area contributed by atoms with E-state index in [0.717, 1.165) is 12.8 Å². The van der Waals surface area contributed by atoms with E-state index in [1.54, 1.807) is 0 Å². The zero-order valence-corrected chi connectivity index (χ0v) is 10.0. The van der Waals surface area contributed by atoms with E-state index in [1.807, 2.05) is 6.92 Å². The summed E-state index contributed by atoms with van der Waals surface area (Å²) in [6.07, 6.45) is -2.80. The molecule has 6 heteroatoms. The van der Waals surface area contributed by atoms with Gasteiger partial charge in [0.15, 0.2) is 0 Å². The van der Waals surface area contributed by atoms with Crippen LogP contribution in [0.4, 0.5) is 13.2 Å². The van der Waals surface area contributed by atoms with Gasteiger partial charge in [-0.1, -0.05) is 0 Å². The van der Waals surface area contributed by atoms with E-state index in [1.165, 1.54) is 0 Å². The molecule has 17 heavy (non-hydrogen) atoms. The van der Waals surface area contributed by atoms with E-state index < -0.39 is 18.1 Å². The third kappa shape index (κ3) is 6.85. The lowest BCUT2D eigenvalue weighted by atomic mass is 10.1. The largest absolute Gasteiger partial charge is 0.394 e. The Labute approximate surface area is 99.3 Å². The first-order chi connectivity index (χ1) is 7.85. The first-order valence-corrected chi connectivity index (χ1v) is 5.88. The van der Waals surface area contributed by atoms with Crippen LogP contribution in [0.1, 0.15) is 32.6 Å². The van der Waals surface area contributed by atoms with Crippen molar-refractivity contribution in [3.8, 4) is 0 Å². The van der Waals surface area contributed by atoms with Gasteiger partial charge in [-0.05, 0) is 26.2 Å². The Morgan fingerprint density at radius 3 is 2.47 bits per heavy atom. The fourth-order valence-corrected chi connectivity index (χ4v) is 1.53. The Bertz CT molecular complexity index is 231. The number of hydrogen-bond acceptors (Lipinski definition) is 3. The molecular weight excluding hydrogens is 235 g/mol. The molecule has 0 saturated heterocycles. The maximum Gasteiger partial charge on any atom is 0.389 e. The van der Waals surface area contributed by atoms with Crippen LogP contribution in [0.25, 0.3) is 0 Å². The van der Waals surface area contributed by atoms with Gasteiger partial charge in [0.2, 0.25) is 0 Å². The maximum absolute atomic E-state index is 11.9. The minimum atomic E-state index is -4.12. The van der Waals surface area contributed by atoms with Crippen molar-refractivity contribution in [3.05, 3.63) is 0 Å². The molecule has 0 aromatic carbocycles. The predicted octanol–water partition coefficient (Wildman–Crippen LogP) is 1.85. The first-order valence-electron chi connectivity index (χ1n) is 5.88. The van der Waals surface area contributed by atoms with Crippen molar-refractivity contribution in [3.63, 3.8) is 0 Å². The second-order valence-electron chi connectivity index (χ2n) is 4.91. The number of hydrogen-bond donors (Lipinski definition) is 2. The van der Waals surface area contributed by atoms with Crippen molar-refractivity contribution < 1.29 is 23.0 Å². The Morgan fingerprint density at radius 1 is 1.35 bits per heavy atom. The molecule has 102 valence electrons. The van der Waals surface area contributed by atoms with Crippen molar-refractivity contribution >= 4 is 0 Å². The molecule has 1 saturated carbocycles. The Kier molecular flexibility index (Phi) is 5.22. The highest BCUT2D eigenvalue weighted by atomic mass is 19.4. The lowest BCUT2D eigenvalue weighted by Crippen LogP contribution is -2.50. The Morgan fingerprint density at radius 2 is 2.00 bits per heavy atom. The van der Waals surface area contributed by atoms with E-state index in [4.69, 9.17) is 4.74 Å². The topological polar surface area (TPSA) is 41.5 Å². The number of alkyl halides is 3. The van der Waals surface area contributed by atoms with Crippen LogP contribution in [0.15, 0.2) is 0 Å². The normalized spacial score (nSPS) is 20.3. The summed E-state index contributed by atoms with van der Waals surface area (Å²) in [4.78, 5) is 0. The van der Waals surface area contributed by atoms with E-state index >= 15 is 0 Å². The smallest absolute Gasteiger partial charge is 0.389 e. The monoisotopic (exact) mass is 255 g/mol. The second-order valence-corrected chi connectivity index (χ2v) is 4.91. The summed E-state index contributed by atoms with van der Waals surface area (Å²) in [5.74, 6) is 0. The molecule has 1 unspecified atom stereocenters. The van der Waals surface area contributed by atoms with Crippen molar-refractivity contribution in [2.45, 2.75) is 50.4 Å². The molecule has 1 atom stereocenters. The van der Waals surface area contributed by atoms with Crippen LogP contribution in [0.3, 0.4) is 0 Å². The molecule has 3 nitrogen and oxygen atoms in total. The van der Waals surface area contributed by atoms with Crippen molar-refractivity contribution in [1.82, 2.24) is 5.32 Å². The minimum Gasteiger partial charge on any atom is -0.394 e. The summed E-state index contributed by atoms with van der Waals surface area (Å²) in [5.41, 5.74) is -0.542. The molecule has 0 spiro atoms. The first kappa shape index (κ1) is 14.7. The number of aliphatic hydroxyl groups is 1. The van der Waals surface area contributed by atoms with Gasteiger partial charge in [-0.15, -0.1) is 0 Å². The zero-order chi connectivity index (χ0) is 12.9. The Balaban J connectivity index is 2.10. The van der Waals surface area contributed by atoms with Crippen molar-refractivity contribution in [1.29, 1.82) is 0 Å². The molecule has 1 aliphatic rings. The quantitative estimate of drug-likeness (QED) is 0.650. The van der Waals surface area contributed by atoms with Gasteiger partial charge in [-0.2, -0.15) is 13.2 Å². The zero-order valence-electron chi connectivity index (χ0n) is 10.0. The number of halogens is 3. The van der Waals surface area contributed by atoms with Crippen LogP contribution in [0.5, 0.6) is 0 Å². The molecule has 0 amide bonds. The van der Waals surface area contributed by atoms with E-state index in [0.29, 0.717) is 6.04 Å². The van der Waals surface area contributed by atoms with Gasteiger partial charge >= 0.3 is 6.18 Å². The van der Waals surface area contributed by atoms with Gasteiger partial charge in [-0.3, -0.25) is 0 Å². The molecule has 0 aliphatic heterocycles. The van der Waals surface area contributed by atoms with Gasteiger partial charge < -0.3 is 15.2 Å². The van der Waals surface area contributed by atoms with E-state index in [-0.39, 0.29) is 26.2 Å². The van der Waals surface area contributed by atoms with Crippen LogP contribution in [0.2, 0.25) is 0 Å². The minimum absolute atomic E-state index is 0.0333. The van der Waals surface area contributed by atoms with Crippen LogP contribution in [-0.4, -0.2) is 42.7 Å². The fraction of sp³-hybridized carbons (Fsp3) is 1.00. The molecule has 0 radical (unpaired) electrons. The highest BCUT2D eigenvalue weighted by molar-refractivity contribution is 4.92. The molecule has 2 N–H and O–H groups in total. The molecule has 1 rings (SSSR count). The molecule has 0 aromatic heterocycles. The Hall–Kier alpha value is -0.330. The van der Waals surface area contributed by atoms with Crippen LogP contribution < -0.4 is 5.32 Å². The maximum atomic E-state index is 11.9. The van der Waals surface area contributed by atoms with Crippen LogP contribution in [0, 0.1) is 0 Å². The number of aliphatic hydroxyl groups excluding tert-OH is 1. The standard InChI is InChI=1S/C11H20F3NO2/c1-10(7-16,15-9-3-4-9)8-17-6-2-5-11(12,13)14/h9,15-16H,2-8H2,1H3. The van der Waals surface area contributed by atoms with E-state index in [9.17, 15) is 18.3 Å². The van der Waals surface area contributed by atoms with Crippen molar-refractivity contribution in [2.75, 3.05) is 19.8 Å². The summed E-state index contributed by atoms with van der Waals surface area (Å²) in [6.45, 7) is 2.04. The molecule has 1 fully saturated rings. The predicted molar refractivity (Wildman–Crippen MR) is 57.8 cm³/mol. The van der Waals surface area contributed by atoms with Gasteiger partial charge in [0.25, 0.3) is 0 Å². The lowest BCUT2D eigenvalue weighted by Gasteiger charge is -2.28. The summed E-state index contributed by atoms with van der Waals surface area (Å²) >= 11 is 0. The van der Waals surface area contributed by atoms with Gasteiger partial charge in [0.05, 0.1) is 18.8 Å². The molecule has 0 aromatic rings. The summed E-state index contributed by atoms with van der Waals surface area (Å²) in [5, 5.41) is 12.5. The third-order valence-corrected chi connectivity index (χ3v) is 2.65. The molecule has 1 aliphatic carbocycles. The van der Waals surface area contributed by atoms with Crippen molar-refractivity contribution in [2.24, 2.45) is 0 Å². The number of nitrogens with one attached hydrogen (secondary N) is 1. The second kappa shape index (κ2) is 6.02. The molecular formula is C11H20F3NO2. The summed E-state index contributed by atoms with van der Waals surface area (Å²) < 4.78 is 40.8. The van der Waals surface area contributed by atoms with Gasteiger partial charge in [0, 0.05) is 19.1 Å². The highest BCUT2D eigenvalue weighted by Crippen LogP contribution is 2.23. The van der Waals surface area contributed by atoms with E-state index in [2.05, 4.69) is 5.32 Å². The van der Waals surface area contributed by atoms with Gasteiger partial charge in [0.1, 0.15) is 0 Å². The number of rotatable bonds is 8. The lowest BCUT2D eigenvalue weighted by molar-refractivity contribution is -0.138. The molecule has 0 bridgehead atoms. The van der Waals surface area contributed by atoms with Crippen LogP contribution >= 0.6 is 0 Å². The average molecular weight is 255 g/mol. The van der Waals surface area contributed by atoms with Gasteiger partial charge in [-0.25, -0.2) is 0 Å². The summed E-state index contributed by atoms with van der Waals surface area (Å²) in [6, 6.07) is 0.422. The van der Waals surface area contributed by atoms with Crippen LogP contribution in [-0.2, 0) is 4.74 Å². The fourth-order valence-electron chi connectivity index (χ4n) is 1.53. The number of ether oxygens (including phenoxy) is 1. The average Bonchev–Trinajstić information content (AvgIpc) is 2.99. The SMILES string of the molecule is CC(CO)(COCCCC(F)(F)F)NC1CC1. The third-order valence-electron chi connectivity index (χ3n) is 2.65. The highest BCUT2D eigenvalue weighted by Gasteiger charge is 2.32. The molecule has 0 heterocycles.